The van der Waals surface area contributed by atoms with Crippen molar-refractivity contribution in [1.29, 1.82) is 0 Å². The van der Waals surface area contributed by atoms with Gasteiger partial charge in [0.25, 0.3) is 0 Å². The van der Waals surface area contributed by atoms with Crippen LogP contribution in [0.3, 0.4) is 0 Å². The third-order valence-electron chi connectivity index (χ3n) is 3.71. The molecule has 1 saturated carbocycles. The van der Waals surface area contributed by atoms with Gasteiger partial charge in [0.15, 0.2) is 5.17 Å². The first-order valence-electron chi connectivity index (χ1n) is 6.11. The van der Waals surface area contributed by atoms with Gasteiger partial charge in [0, 0.05) is 17.3 Å². The van der Waals surface area contributed by atoms with Gasteiger partial charge < -0.3 is 10.2 Å². The van der Waals surface area contributed by atoms with Gasteiger partial charge in [-0.15, -0.1) is 0 Å². The summed E-state index contributed by atoms with van der Waals surface area (Å²) in [5.74, 6) is 0.954. The van der Waals surface area contributed by atoms with Crippen molar-refractivity contribution in [3.05, 3.63) is 0 Å². The number of amidine groups is 1. The summed E-state index contributed by atoms with van der Waals surface area (Å²) in [7, 11) is 4.25. The second-order valence-electron chi connectivity index (χ2n) is 5.70. The van der Waals surface area contributed by atoms with Gasteiger partial charge in [-0.25, -0.2) is 0 Å². The zero-order chi connectivity index (χ0) is 11.8. The summed E-state index contributed by atoms with van der Waals surface area (Å²) in [6, 6.07) is 0. The molecule has 1 N–H and O–H groups in total. The summed E-state index contributed by atoms with van der Waals surface area (Å²) >= 11 is 1.95. The second-order valence-corrected chi connectivity index (χ2v) is 6.93. The van der Waals surface area contributed by atoms with E-state index in [1.165, 1.54) is 12.8 Å². The SMILES string of the molecule is CN(C)C(C)(C)CNC1=NCC(C2CC2)S1. The van der Waals surface area contributed by atoms with E-state index in [9.17, 15) is 0 Å². The highest BCUT2D eigenvalue weighted by molar-refractivity contribution is 8.14. The van der Waals surface area contributed by atoms with Gasteiger partial charge in [0.05, 0.1) is 6.54 Å². The number of nitrogens with one attached hydrogen (secondary N) is 1. The van der Waals surface area contributed by atoms with Crippen molar-refractivity contribution in [2.45, 2.75) is 37.5 Å². The van der Waals surface area contributed by atoms with E-state index in [0.717, 1.165) is 29.4 Å². The molecule has 1 unspecified atom stereocenters. The number of hydrogen-bond acceptors (Lipinski definition) is 4. The molecule has 16 heavy (non-hydrogen) atoms. The lowest BCUT2D eigenvalue weighted by Gasteiger charge is -2.32. The molecule has 1 heterocycles. The molecule has 0 aromatic carbocycles. The topological polar surface area (TPSA) is 27.6 Å². The van der Waals surface area contributed by atoms with Gasteiger partial charge in [-0.05, 0) is 46.7 Å². The number of rotatable bonds is 4. The van der Waals surface area contributed by atoms with Crippen LogP contribution in [0.5, 0.6) is 0 Å². The average molecular weight is 241 g/mol. The zero-order valence-electron chi connectivity index (χ0n) is 10.8. The van der Waals surface area contributed by atoms with Crippen LogP contribution < -0.4 is 5.32 Å². The molecule has 0 amide bonds. The Kier molecular flexibility index (Phi) is 3.50. The summed E-state index contributed by atoms with van der Waals surface area (Å²) in [5.41, 5.74) is 0.181. The van der Waals surface area contributed by atoms with Crippen LogP contribution in [-0.2, 0) is 0 Å². The summed E-state index contributed by atoms with van der Waals surface area (Å²) in [5, 5.41) is 5.41. The second kappa shape index (κ2) is 4.57. The van der Waals surface area contributed by atoms with Crippen molar-refractivity contribution >= 4 is 16.9 Å². The fourth-order valence-corrected chi connectivity index (χ4v) is 2.86. The number of hydrogen-bond donors (Lipinski definition) is 1. The summed E-state index contributed by atoms with van der Waals surface area (Å²) in [4.78, 5) is 6.84. The standard InChI is InChI=1S/C12H23N3S/c1-12(2,15(3)4)8-14-11-13-7-10(16-11)9-5-6-9/h9-10H,5-8H2,1-4H3,(H,13,14). The Morgan fingerprint density at radius 3 is 2.69 bits per heavy atom. The van der Waals surface area contributed by atoms with E-state index in [4.69, 9.17) is 0 Å². The lowest BCUT2D eigenvalue weighted by Crippen LogP contribution is -2.47. The minimum absolute atomic E-state index is 0.181. The largest absolute Gasteiger partial charge is 0.363 e. The molecule has 0 bridgehead atoms. The highest BCUT2D eigenvalue weighted by Crippen LogP contribution is 2.41. The van der Waals surface area contributed by atoms with Crippen LogP contribution in [0.15, 0.2) is 4.99 Å². The van der Waals surface area contributed by atoms with Gasteiger partial charge in [-0.2, -0.15) is 0 Å². The molecule has 92 valence electrons. The van der Waals surface area contributed by atoms with Crippen LogP contribution in [0.2, 0.25) is 0 Å². The average Bonchev–Trinajstić information content (AvgIpc) is 2.95. The number of thioether (sulfide) groups is 1. The summed E-state index contributed by atoms with van der Waals surface area (Å²) < 4.78 is 0. The van der Waals surface area contributed by atoms with Crippen molar-refractivity contribution in [3.63, 3.8) is 0 Å². The smallest absolute Gasteiger partial charge is 0.156 e. The van der Waals surface area contributed by atoms with E-state index >= 15 is 0 Å². The molecule has 0 aromatic rings. The fourth-order valence-electron chi connectivity index (χ4n) is 1.65. The van der Waals surface area contributed by atoms with Crippen LogP contribution in [0.1, 0.15) is 26.7 Å². The Bertz CT molecular complexity index is 282. The van der Waals surface area contributed by atoms with E-state index in [2.05, 4.69) is 43.2 Å². The predicted octanol–water partition coefficient (Wildman–Crippen LogP) is 1.80. The molecular formula is C12H23N3S. The molecule has 2 aliphatic rings. The Balaban J connectivity index is 1.74. The highest BCUT2D eigenvalue weighted by Gasteiger charge is 2.35. The van der Waals surface area contributed by atoms with Crippen LogP contribution in [0, 0.1) is 5.92 Å². The van der Waals surface area contributed by atoms with Crippen LogP contribution in [0.25, 0.3) is 0 Å². The first kappa shape index (κ1) is 12.2. The molecule has 1 aliphatic heterocycles. The Hall–Kier alpha value is -0.220. The molecule has 0 aromatic heterocycles. The van der Waals surface area contributed by atoms with E-state index in [0.29, 0.717) is 0 Å². The lowest BCUT2D eigenvalue weighted by molar-refractivity contribution is 0.198. The quantitative estimate of drug-likeness (QED) is 0.813. The number of nitrogens with zero attached hydrogens (tertiary/aromatic N) is 2. The van der Waals surface area contributed by atoms with Crippen molar-refractivity contribution in [1.82, 2.24) is 10.2 Å². The van der Waals surface area contributed by atoms with Crippen molar-refractivity contribution in [2.24, 2.45) is 10.9 Å². The zero-order valence-corrected chi connectivity index (χ0v) is 11.6. The van der Waals surface area contributed by atoms with E-state index in [-0.39, 0.29) is 5.54 Å². The molecule has 0 saturated heterocycles. The third kappa shape index (κ3) is 2.92. The maximum Gasteiger partial charge on any atom is 0.156 e. The molecule has 4 heteroatoms. The monoisotopic (exact) mass is 241 g/mol. The molecule has 1 aliphatic carbocycles. The van der Waals surface area contributed by atoms with Crippen molar-refractivity contribution in [2.75, 3.05) is 27.2 Å². The molecule has 1 fully saturated rings. The van der Waals surface area contributed by atoms with Gasteiger partial charge in [0.2, 0.25) is 0 Å². The Morgan fingerprint density at radius 1 is 1.44 bits per heavy atom. The van der Waals surface area contributed by atoms with Gasteiger partial charge in [0.1, 0.15) is 0 Å². The van der Waals surface area contributed by atoms with E-state index < -0.39 is 0 Å². The van der Waals surface area contributed by atoms with Crippen LogP contribution >= 0.6 is 11.8 Å². The summed E-state index contributed by atoms with van der Waals surface area (Å²) in [6.07, 6.45) is 2.84. The normalized spacial score (nSPS) is 26.1. The molecule has 1 atom stereocenters. The van der Waals surface area contributed by atoms with Gasteiger partial charge >= 0.3 is 0 Å². The molecule has 2 rings (SSSR count). The van der Waals surface area contributed by atoms with Crippen LogP contribution in [0.4, 0.5) is 0 Å². The van der Waals surface area contributed by atoms with Crippen LogP contribution in [-0.4, -0.2) is 48.0 Å². The fraction of sp³-hybridized carbons (Fsp3) is 0.917. The van der Waals surface area contributed by atoms with Crippen molar-refractivity contribution in [3.8, 4) is 0 Å². The van der Waals surface area contributed by atoms with E-state index in [1.54, 1.807) is 0 Å². The number of aliphatic imine (C=N–C) groups is 1. The van der Waals surface area contributed by atoms with Gasteiger partial charge in [-0.3, -0.25) is 4.99 Å². The third-order valence-corrected chi connectivity index (χ3v) is 5.04. The molecule has 0 spiro atoms. The maximum absolute atomic E-state index is 4.59. The Morgan fingerprint density at radius 2 is 2.12 bits per heavy atom. The molecular weight excluding hydrogens is 218 g/mol. The molecule has 3 nitrogen and oxygen atoms in total. The highest BCUT2D eigenvalue weighted by atomic mass is 32.2. The minimum atomic E-state index is 0.181. The molecule has 0 radical (unpaired) electrons. The maximum atomic E-state index is 4.59. The van der Waals surface area contributed by atoms with E-state index in [1.807, 2.05) is 11.8 Å². The summed E-state index contributed by atoms with van der Waals surface area (Å²) in [6.45, 7) is 6.49. The predicted molar refractivity (Wildman–Crippen MR) is 72.2 cm³/mol. The Labute approximate surface area is 103 Å². The first-order valence-corrected chi connectivity index (χ1v) is 6.99. The van der Waals surface area contributed by atoms with Crippen molar-refractivity contribution < 1.29 is 0 Å². The first-order chi connectivity index (χ1) is 7.49. The minimum Gasteiger partial charge on any atom is -0.363 e. The number of likely N-dealkylation sites (N-methyl/N-ethyl adjacent to an activating group) is 1. The van der Waals surface area contributed by atoms with Gasteiger partial charge in [-0.1, -0.05) is 11.8 Å². The lowest BCUT2D eigenvalue weighted by atomic mass is 10.1.